The minimum Gasteiger partial charge on any atom is -0.478 e. The molecule has 5 nitrogen and oxygen atoms in total. The van der Waals surface area contributed by atoms with Gasteiger partial charge >= 0.3 is 12.3 Å². The molecule has 0 unspecified atom stereocenters. The van der Waals surface area contributed by atoms with Crippen LogP contribution in [-0.2, 0) is 16.0 Å². The van der Waals surface area contributed by atoms with E-state index in [1.807, 2.05) is 0 Å². The quantitative estimate of drug-likeness (QED) is 0.583. The fourth-order valence-electron chi connectivity index (χ4n) is 1.17. The number of methoxy groups -OCH3 is 2. The number of carbonyl (C=O) groups is 1. The minimum atomic E-state index is -4.85. The van der Waals surface area contributed by atoms with Gasteiger partial charge in [0.2, 0.25) is 0 Å². The number of pyridine rings is 1. The Balaban J connectivity index is 3.10. The summed E-state index contributed by atoms with van der Waals surface area (Å²) in [5.41, 5.74) is 0.249. The highest BCUT2D eigenvalue weighted by atomic mass is 127. The fraction of sp³-hybridized carbons (Fsp3) is 0.400. The van der Waals surface area contributed by atoms with E-state index >= 15 is 0 Å². The molecule has 0 spiro atoms. The molecule has 0 aliphatic heterocycles. The van der Waals surface area contributed by atoms with Crippen molar-refractivity contribution >= 4 is 28.6 Å². The van der Waals surface area contributed by atoms with E-state index in [-0.39, 0.29) is 18.0 Å². The number of alkyl halides is 3. The van der Waals surface area contributed by atoms with Crippen molar-refractivity contribution in [3.8, 4) is 11.6 Å². The molecular formula is C10H9F3INO4. The number of rotatable bonds is 4. The summed E-state index contributed by atoms with van der Waals surface area (Å²) in [6.07, 6.45) is -5.01. The van der Waals surface area contributed by atoms with E-state index in [4.69, 9.17) is 4.74 Å². The highest BCUT2D eigenvalue weighted by Gasteiger charge is 2.33. The smallest absolute Gasteiger partial charge is 0.478 e. The monoisotopic (exact) mass is 391 g/mol. The van der Waals surface area contributed by atoms with Crippen LogP contribution in [0, 0.1) is 3.57 Å². The van der Waals surface area contributed by atoms with E-state index in [1.54, 1.807) is 22.6 Å². The van der Waals surface area contributed by atoms with Crippen molar-refractivity contribution in [3.63, 3.8) is 0 Å². The standard InChI is InChI=1S/C10H9F3INO4/c1-17-8(16)4-6-5(14)3-7(9(15-6)18-2)19-10(11,12)13/h3H,4H2,1-2H3. The second-order valence-corrected chi connectivity index (χ2v) is 4.39. The number of hydrogen-bond donors (Lipinski definition) is 0. The molecule has 0 saturated heterocycles. The van der Waals surface area contributed by atoms with Gasteiger partial charge in [0, 0.05) is 9.64 Å². The van der Waals surface area contributed by atoms with E-state index in [9.17, 15) is 18.0 Å². The Kier molecular flexibility index (Phi) is 5.20. The van der Waals surface area contributed by atoms with Crippen molar-refractivity contribution in [2.75, 3.05) is 14.2 Å². The van der Waals surface area contributed by atoms with Gasteiger partial charge in [-0.3, -0.25) is 4.79 Å². The molecule has 9 heteroatoms. The third-order valence-corrected chi connectivity index (χ3v) is 2.87. The molecule has 0 aliphatic carbocycles. The van der Waals surface area contributed by atoms with E-state index in [0.29, 0.717) is 3.57 Å². The average molecular weight is 391 g/mol. The second-order valence-electron chi connectivity index (χ2n) is 3.23. The summed E-state index contributed by atoms with van der Waals surface area (Å²) in [5.74, 6) is -1.47. The third kappa shape index (κ3) is 4.73. The molecular weight excluding hydrogens is 382 g/mol. The van der Waals surface area contributed by atoms with Gasteiger partial charge in [0.1, 0.15) is 0 Å². The predicted molar refractivity (Wildman–Crippen MR) is 65.9 cm³/mol. The summed E-state index contributed by atoms with van der Waals surface area (Å²) >= 11 is 1.75. The van der Waals surface area contributed by atoms with E-state index in [2.05, 4.69) is 14.5 Å². The van der Waals surface area contributed by atoms with Gasteiger partial charge in [0.15, 0.2) is 5.75 Å². The molecule has 0 atom stereocenters. The van der Waals surface area contributed by atoms with Gasteiger partial charge in [0.25, 0.3) is 5.88 Å². The van der Waals surface area contributed by atoms with Crippen molar-refractivity contribution in [2.45, 2.75) is 12.8 Å². The molecule has 0 aromatic carbocycles. The molecule has 0 amide bonds. The average Bonchev–Trinajstić information content (AvgIpc) is 2.30. The summed E-state index contributed by atoms with van der Waals surface area (Å²) in [6.45, 7) is 0. The molecule has 19 heavy (non-hydrogen) atoms. The predicted octanol–water partition coefficient (Wildman–Crippen LogP) is 2.31. The number of halogens is 4. The Morgan fingerprint density at radius 3 is 2.53 bits per heavy atom. The molecule has 0 N–H and O–H groups in total. The van der Waals surface area contributed by atoms with Crippen LogP contribution in [0.1, 0.15) is 5.69 Å². The van der Waals surface area contributed by atoms with Gasteiger partial charge in [-0.1, -0.05) is 0 Å². The van der Waals surface area contributed by atoms with Gasteiger partial charge in [-0.2, -0.15) is 0 Å². The van der Waals surface area contributed by atoms with Gasteiger partial charge in [0.05, 0.1) is 26.3 Å². The Morgan fingerprint density at radius 2 is 2.05 bits per heavy atom. The van der Waals surface area contributed by atoms with Crippen LogP contribution in [0.5, 0.6) is 11.6 Å². The van der Waals surface area contributed by atoms with Crippen LogP contribution < -0.4 is 9.47 Å². The molecule has 0 aliphatic rings. The molecule has 0 fully saturated rings. The largest absolute Gasteiger partial charge is 0.573 e. The lowest BCUT2D eigenvalue weighted by atomic mass is 10.2. The number of nitrogens with zero attached hydrogens (tertiary/aromatic N) is 1. The van der Waals surface area contributed by atoms with Crippen molar-refractivity contribution in [3.05, 3.63) is 15.3 Å². The maximum absolute atomic E-state index is 12.2. The zero-order valence-electron chi connectivity index (χ0n) is 9.88. The van der Waals surface area contributed by atoms with Crippen molar-refractivity contribution in [1.82, 2.24) is 4.98 Å². The normalized spacial score (nSPS) is 11.1. The van der Waals surface area contributed by atoms with Crippen LogP contribution in [0.25, 0.3) is 0 Å². The molecule has 0 bridgehead atoms. The van der Waals surface area contributed by atoms with Crippen molar-refractivity contribution in [1.29, 1.82) is 0 Å². The third-order valence-electron chi connectivity index (χ3n) is 1.94. The first-order valence-corrected chi connectivity index (χ1v) is 5.90. The summed E-state index contributed by atoms with van der Waals surface area (Å²) in [6, 6.07) is 1.10. The Morgan fingerprint density at radius 1 is 1.42 bits per heavy atom. The van der Waals surface area contributed by atoms with Crippen LogP contribution in [0.3, 0.4) is 0 Å². The van der Waals surface area contributed by atoms with Crippen molar-refractivity contribution < 1.29 is 32.2 Å². The van der Waals surface area contributed by atoms with Crippen LogP contribution in [0.4, 0.5) is 13.2 Å². The first kappa shape index (κ1) is 15.8. The SMILES string of the molecule is COC(=O)Cc1nc(OC)c(OC(F)(F)F)cc1I. The Hall–Kier alpha value is -1.26. The molecule has 0 radical (unpaired) electrons. The van der Waals surface area contributed by atoms with Gasteiger partial charge in [-0.15, -0.1) is 13.2 Å². The number of carbonyl (C=O) groups excluding carboxylic acids is 1. The molecule has 1 rings (SSSR count). The summed E-state index contributed by atoms with van der Waals surface area (Å²) in [7, 11) is 2.36. The molecule has 0 saturated carbocycles. The summed E-state index contributed by atoms with van der Waals surface area (Å²) in [4.78, 5) is 14.9. The van der Waals surface area contributed by atoms with E-state index in [0.717, 1.165) is 13.2 Å². The number of aromatic nitrogens is 1. The molecule has 1 aromatic rings. The zero-order valence-corrected chi connectivity index (χ0v) is 12.0. The highest BCUT2D eigenvalue weighted by molar-refractivity contribution is 14.1. The van der Waals surface area contributed by atoms with Crippen LogP contribution >= 0.6 is 22.6 Å². The number of ether oxygens (including phenoxy) is 3. The van der Waals surface area contributed by atoms with Crippen LogP contribution in [0.15, 0.2) is 6.07 Å². The Labute approximate surface area is 120 Å². The lowest BCUT2D eigenvalue weighted by Crippen LogP contribution is -2.18. The van der Waals surface area contributed by atoms with Crippen LogP contribution in [0.2, 0.25) is 0 Å². The topological polar surface area (TPSA) is 57.7 Å². The van der Waals surface area contributed by atoms with Gasteiger partial charge in [-0.25, -0.2) is 4.98 Å². The molecule has 1 heterocycles. The summed E-state index contributed by atoms with van der Waals surface area (Å²) in [5, 5.41) is 0. The maximum atomic E-state index is 12.2. The lowest BCUT2D eigenvalue weighted by Gasteiger charge is -2.13. The lowest BCUT2D eigenvalue weighted by molar-refractivity contribution is -0.275. The summed E-state index contributed by atoms with van der Waals surface area (Å²) < 4.78 is 49.8. The first-order valence-electron chi connectivity index (χ1n) is 4.82. The van der Waals surface area contributed by atoms with E-state index in [1.165, 1.54) is 7.11 Å². The maximum Gasteiger partial charge on any atom is 0.573 e. The van der Waals surface area contributed by atoms with Crippen molar-refractivity contribution in [2.24, 2.45) is 0 Å². The van der Waals surface area contributed by atoms with Gasteiger partial charge < -0.3 is 14.2 Å². The minimum absolute atomic E-state index is 0.169. The Bertz CT molecular complexity index is 479. The van der Waals surface area contributed by atoms with Gasteiger partial charge in [-0.05, 0) is 22.6 Å². The van der Waals surface area contributed by atoms with Crippen LogP contribution in [-0.4, -0.2) is 31.5 Å². The first-order chi connectivity index (χ1) is 8.76. The fourth-order valence-corrected chi connectivity index (χ4v) is 1.76. The van der Waals surface area contributed by atoms with E-state index < -0.39 is 18.1 Å². The number of esters is 1. The zero-order chi connectivity index (χ0) is 14.6. The highest BCUT2D eigenvalue weighted by Crippen LogP contribution is 2.33. The second kappa shape index (κ2) is 6.26. The molecule has 106 valence electrons. The molecule has 1 aromatic heterocycles. The number of hydrogen-bond acceptors (Lipinski definition) is 5.